The largest absolute Gasteiger partial charge is 0.355 e. The molecule has 5 heteroatoms. The van der Waals surface area contributed by atoms with Crippen LogP contribution in [0, 0.1) is 0 Å². The van der Waals surface area contributed by atoms with E-state index >= 15 is 0 Å². The van der Waals surface area contributed by atoms with Crippen molar-refractivity contribution in [1.82, 2.24) is 5.32 Å². The van der Waals surface area contributed by atoms with Crippen LogP contribution in [0.25, 0.3) is 0 Å². The second-order valence-corrected chi connectivity index (χ2v) is 4.17. The van der Waals surface area contributed by atoms with Gasteiger partial charge < -0.3 is 15.8 Å². The van der Waals surface area contributed by atoms with Crippen LogP contribution in [-0.2, 0) is 9.59 Å². The molecule has 4 nitrogen and oxygen atoms in total. The van der Waals surface area contributed by atoms with E-state index in [1.54, 1.807) is 0 Å². The van der Waals surface area contributed by atoms with E-state index in [1.165, 1.54) is 0 Å². The lowest BCUT2D eigenvalue weighted by Crippen LogP contribution is -2.42. The van der Waals surface area contributed by atoms with Crippen LogP contribution in [-0.4, -0.2) is 30.5 Å². The fourth-order valence-corrected chi connectivity index (χ4v) is 1.47. The van der Waals surface area contributed by atoms with Gasteiger partial charge in [0.05, 0.1) is 6.04 Å². The molecular formula is C11H22N2O2S. The van der Waals surface area contributed by atoms with Crippen molar-refractivity contribution in [2.45, 2.75) is 44.6 Å². The molecule has 0 fully saturated rings. The van der Waals surface area contributed by atoms with E-state index in [-0.39, 0.29) is 5.91 Å². The lowest BCUT2D eigenvalue weighted by Gasteiger charge is -2.09. The first-order chi connectivity index (χ1) is 7.72. The molecule has 0 saturated carbocycles. The first-order valence-corrected chi connectivity index (χ1v) is 6.43. The smallest absolute Gasteiger partial charge is 0.237 e. The topological polar surface area (TPSA) is 72.2 Å². The number of hydrogen-bond acceptors (Lipinski definition) is 4. The fourth-order valence-electron chi connectivity index (χ4n) is 1.31. The van der Waals surface area contributed by atoms with Gasteiger partial charge in [-0.1, -0.05) is 19.3 Å². The van der Waals surface area contributed by atoms with Gasteiger partial charge in [-0.25, -0.2) is 0 Å². The number of carbonyl (C=O) groups is 2. The highest BCUT2D eigenvalue weighted by Crippen LogP contribution is 2.03. The monoisotopic (exact) mass is 246 g/mol. The third kappa shape index (κ3) is 8.73. The molecule has 0 radical (unpaired) electrons. The van der Waals surface area contributed by atoms with Crippen molar-refractivity contribution in [3.63, 3.8) is 0 Å². The van der Waals surface area contributed by atoms with Gasteiger partial charge in [0.25, 0.3) is 0 Å². The van der Waals surface area contributed by atoms with Crippen LogP contribution in [0.1, 0.15) is 38.5 Å². The summed E-state index contributed by atoms with van der Waals surface area (Å²) in [4.78, 5) is 21.3. The fraction of sp³-hybridized carbons (Fsp3) is 0.818. The third-order valence-electron chi connectivity index (χ3n) is 2.33. The molecule has 0 aromatic carbocycles. The number of unbranched alkanes of at least 4 members (excludes halogenated alkanes) is 5. The molecule has 16 heavy (non-hydrogen) atoms. The Balaban J connectivity index is 3.20. The minimum absolute atomic E-state index is 0.129. The van der Waals surface area contributed by atoms with Crippen molar-refractivity contribution in [2.75, 3.05) is 12.3 Å². The van der Waals surface area contributed by atoms with Gasteiger partial charge in [0.1, 0.15) is 6.29 Å². The summed E-state index contributed by atoms with van der Waals surface area (Å²) in [6.45, 7) is 0.675. The number of thiol groups is 1. The number of nitrogens with one attached hydrogen (secondary N) is 1. The number of carbonyl (C=O) groups excluding carboxylic acids is 2. The van der Waals surface area contributed by atoms with Gasteiger partial charge in [-0.2, -0.15) is 12.6 Å². The zero-order valence-corrected chi connectivity index (χ0v) is 10.5. The molecule has 1 amide bonds. The van der Waals surface area contributed by atoms with Crippen LogP contribution >= 0.6 is 12.6 Å². The van der Waals surface area contributed by atoms with Crippen LogP contribution in [0.4, 0.5) is 0 Å². The van der Waals surface area contributed by atoms with Crippen molar-refractivity contribution in [2.24, 2.45) is 5.73 Å². The molecule has 0 aromatic heterocycles. The molecule has 0 aromatic rings. The predicted molar refractivity (Wildman–Crippen MR) is 68.6 cm³/mol. The van der Waals surface area contributed by atoms with Gasteiger partial charge in [-0.05, 0) is 12.8 Å². The SMILES string of the molecule is NC(CS)C(=O)NCCCCCCCC=O. The molecule has 0 heterocycles. The molecule has 0 aliphatic carbocycles. The quantitative estimate of drug-likeness (QED) is 0.305. The summed E-state index contributed by atoms with van der Waals surface area (Å²) in [5.41, 5.74) is 5.49. The molecule has 1 atom stereocenters. The van der Waals surface area contributed by atoms with E-state index in [9.17, 15) is 9.59 Å². The maximum atomic E-state index is 11.2. The van der Waals surface area contributed by atoms with Gasteiger partial charge in [0.15, 0.2) is 0 Å². The van der Waals surface area contributed by atoms with Crippen LogP contribution in [0.3, 0.4) is 0 Å². The summed E-state index contributed by atoms with van der Waals surface area (Å²) >= 11 is 3.95. The highest BCUT2D eigenvalue weighted by molar-refractivity contribution is 7.80. The van der Waals surface area contributed by atoms with Crippen molar-refractivity contribution in [3.8, 4) is 0 Å². The maximum Gasteiger partial charge on any atom is 0.237 e. The van der Waals surface area contributed by atoms with Crippen molar-refractivity contribution < 1.29 is 9.59 Å². The summed E-state index contributed by atoms with van der Waals surface area (Å²) < 4.78 is 0. The molecular weight excluding hydrogens is 224 g/mol. The molecule has 1 unspecified atom stereocenters. The molecule has 94 valence electrons. The summed E-state index contributed by atoms with van der Waals surface area (Å²) in [6.07, 6.45) is 6.83. The van der Waals surface area contributed by atoms with Crippen LogP contribution < -0.4 is 11.1 Å². The summed E-state index contributed by atoms with van der Waals surface area (Å²) in [7, 11) is 0. The first-order valence-electron chi connectivity index (χ1n) is 5.80. The molecule has 0 bridgehead atoms. The number of aldehydes is 1. The number of hydrogen-bond donors (Lipinski definition) is 3. The second kappa shape index (κ2) is 11.0. The Labute approximate surface area is 103 Å². The summed E-state index contributed by atoms with van der Waals surface area (Å²) in [5.74, 6) is 0.244. The Bertz CT molecular complexity index is 200. The minimum Gasteiger partial charge on any atom is -0.355 e. The Hall–Kier alpha value is -0.550. The van der Waals surface area contributed by atoms with E-state index < -0.39 is 6.04 Å². The highest BCUT2D eigenvalue weighted by Gasteiger charge is 2.09. The van der Waals surface area contributed by atoms with E-state index in [0.29, 0.717) is 18.7 Å². The van der Waals surface area contributed by atoms with Crippen LogP contribution in [0.5, 0.6) is 0 Å². The van der Waals surface area contributed by atoms with Crippen LogP contribution in [0.15, 0.2) is 0 Å². The average molecular weight is 246 g/mol. The third-order valence-corrected chi connectivity index (χ3v) is 2.72. The zero-order valence-electron chi connectivity index (χ0n) is 9.65. The predicted octanol–water partition coefficient (Wildman–Crippen LogP) is 0.899. The molecule has 3 N–H and O–H groups in total. The average Bonchev–Trinajstić information content (AvgIpc) is 2.31. The lowest BCUT2D eigenvalue weighted by molar-refractivity contribution is -0.121. The van der Waals surface area contributed by atoms with Crippen LogP contribution in [0.2, 0.25) is 0 Å². The first kappa shape index (κ1) is 15.4. The Morgan fingerprint density at radius 1 is 1.25 bits per heavy atom. The van der Waals surface area contributed by atoms with Gasteiger partial charge in [-0.3, -0.25) is 4.79 Å². The van der Waals surface area contributed by atoms with Gasteiger partial charge in [0, 0.05) is 18.7 Å². The van der Waals surface area contributed by atoms with E-state index in [1.807, 2.05) is 0 Å². The molecule has 0 aliphatic rings. The lowest BCUT2D eigenvalue weighted by atomic mass is 10.1. The summed E-state index contributed by atoms with van der Waals surface area (Å²) in [6, 6.07) is -0.504. The van der Waals surface area contributed by atoms with Gasteiger partial charge in [0.2, 0.25) is 5.91 Å². The normalized spacial score (nSPS) is 12.1. The van der Waals surface area contributed by atoms with Gasteiger partial charge >= 0.3 is 0 Å². The number of rotatable bonds is 10. The number of nitrogens with two attached hydrogens (primary N) is 1. The molecule has 0 saturated heterocycles. The minimum atomic E-state index is -0.504. The Morgan fingerprint density at radius 3 is 2.50 bits per heavy atom. The van der Waals surface area contributed by atoms with E-state index in [4.69, 9.17) is 5.73 Å². The van der Waals surface area contributed by atoms with E-state index in [2.05, 4.69) is 17.9 Å². The standard InChI is InChI=1S/C11H22N2O2S/c12-10(9-16)11(15)13-7-5-3-1-2-4-6-8-14/h8,10,16H,1-7,9,12H2,(H,13,15). The molecule has 0 spiro atoms. The Morgan fingerprint density at radius 2 is 1.88 bits per heavy atom. The second-order valence-electron chi connectivity index (χ2n) is 3.80. The molecule has 0 rings (SSSR count). The van der Waals surface area contributed by atoms with Crippen molar-refractivity contribution >= 4 is 24.8 Å². The van der Waals surface area contributed by atoms with Gasteiger partial charge in [-0.15, -0.1) is 0 Å². The highest BCUT2D eigenvalue weighted by atomic mass is 32.1. The summed E-state index contributed by atoms with van der Waals surface area (Å²) in [5, 5.41) is 2.77. The van der Waals surface area contributed by atoms with Crippen molar-refractivity contribution in [1.29, 1.82) is 0 Å². The Kier molecular flexibility index (Phi) is 10.6. The molecule has 0 aliphatic heterocycles. The maximum absolute atomic E-state index is 11.2. The zero-order chi connectivity index (χ0) is 12.2. The van der Waals surface area contributed by atoms with E-state index in [0.717, 1.165) is 38.4 Å². The van der Waals surface area contributed by atoms with Crippen molar-refractivity contribution in [3.05, 3.63) is 0 Å². The number of amides is 1.